The summed E-state index contributed by atoms with van der Waals surface area (Å²) < 4.78 is 0. The van der Waals surface area contributed by atoms with E-state index in [0.717, 1.165) is 16.9 Å². The molecular weight excluding hydrogens is 454 g/mol. The molecular formula is C29H25N3O2S. The Balaban J connectivity index is 1.30. The van der Waals surface area contributed by atoms with Crippen molar-refractivity contribution < 1.29 is 9.59 Å². The molecule has 4 aromatic carbocycles. The Morgan fingerprint density at radius 2 is 1.26 bits per heavy atom. The summed E-state index contributed by atoms with van der Waals surface area (Å²) in [4.78, 5) is 26.0. The second-order valence-electron chi connectivity index (χ2n) is 7.83. The summed E-state index contributed by atoms with van der Waals surface area (Å²) in [5, 5.41) is 7.10. The fourth-order valence-electron chi connectivity index (χ4n) is 3.29. The molecule has 0 aliphatic rings. The van der Waals surface area contributed by atoms with Gasteiger partial charge in [-0.15, -0.1) is 11.8 Å². The minimum atomic E-state index is -0.265. The van der Waals surface area contributed by atoms with E-state index in [2.05, 4.69) is 28.0 Å². The molecule has 174 valence electrons. The van der Waals surface area contributed by atoms with E-state index in [1.807, 2.05) is 91.9 Å². The van der Waals surface area contributed by atoms with Crippen molar-refractivity contribution in [3.63, 3.8) is 0 Å². The molecule has 2 amide bonds. The van der Waals surface area contributed by atoms with Crippen molar-refractivity contribution >= 4 is 35.0 Å². The molecule has 4 aromatic rings. The highest BCUT2D eigenvalue weighted by Crippen LogP contribution is 2.22. The zero-order valence-corrected chi connectivity index (χ0v) is 20.1. The van der Waals surface area contributed by atoms with E-state index in [1.165, 1.54) is 4.90 Å². The van der Waals surface area contributed by atoms with E-state index >= 15 is 0 Å². The van der Waals surface area contributed by atoms with Crippen LogP contribution in [-0.4, -0.2) is 17.5 Å². The van der Waals surface area contributed by atoms with Crippen molar-refractivity contribution in [3.8, 4) is 0 Å². The molecule has 2 N–H and O–H groups in total. The maximum atomic E-state index is 12.5. The highest BCUT2D eigenvalue weighted by Gasteiger charge is 2.07. The molecule has 4 rings (SSSR count). The van der Waals surface area contributed by atoms with Crippen molar-refractivity contribution in [3.05, 3.63) is 131 Å². The Labute approximate surface area is 209 Å². The molecule has 35 heavy (non-hydrogen) atoms. The first-order valence-corrected chi connectivity index (χ1v) is 12.2. The van der Waals surface area contributed by atoms with Gasteiger partial charge in [0.1, 0.15) is 0 Å². The van der Waals surface area contributed by atoms with Gasteiger partial charge in [-0.25, -0.2) is 5.43 Å². The number of rotatable bonds is 8. The van der Waals surface area contributed by atoms with Crippen LogP contribution in [0.2, 0.25) is 0 Å². The number of hydrazone groups is 1. The van der Waals surface area contributed by atoms with Crippen LogP contribution in [0.4, 0.5) is 5.69 Å². The number of benzene rings is 4. The van der Waals surface area contributed by atoms with Crippen LogP contribution in [0, 0.1) is 0 Å². The van der Waals surface area contributed by atoms with Crippen LogP contribution in [0.3, 0.4) is 0 Å². The molecule has 0 saturated heterocycles. The van der Waals surface area contributed by atoms with Crippen LogP contribution in [0.1, 0.15) is 38.8 Å². The molecule has 0 aliphatic carbocycles. The molecule has 0 fully saturated rings. The molecule has 0 bridgehead atoms. The van der Waals surface area contributed by atoms with Gasteiger partial charge in [-0.1, -0.05) is 60.7 Å². The van der Waals surface area contributed by atoms with Gasteiger partial charge in [0.2, 0.25) is 0 Å². The molecule has 5 nitrogen and oxygen atoms in total. The Hall–Kier alpha value is -4.16. The largest absolute Gasteiger partial charge is 0.322 e. The molecule has 0 aliphatic heterocycles. The first kappa shape index (κ1) is 24.0. The number of carbonyl (C=O) groups excluding carboxylic acids is 2. The number of amides is 2. The van der Waals surface area contributed by atoms with Crippen LogP contribution < -0.4 is 10.7 Å². The summed E-state index contributed by atoms with van der Waals surface area (Å²) in [6, 6.07) is 34.1. The smallest absolute Gasteiger partial charge is 0.271 e. The van der Waals surface area contributed by atoms with E-state index in [9.17, 15) is 9.59 Å². The lowest BCUT2D eigenvalue weighted by Crippen LogP contribution is -2.19. The van der Waals surface area contributed by atoms with Crippen molar-refractivity contribution in [2.75, 3.05) is 5.32 Å². The molecule has 0 heterocycles. The molecule has 0 saturated carbocycles. The quantitative estimate of drug-likeness (QED) is 0.175. The van der Waals surface area contributed by atoms with Gasteiger partial charge in [-0.05, 0) is 66.6 Å². The molecule has 0 unspecified atom stereocenters. The summed E-state index contributed by atoms with van der Waals surface area (Å²) in [6.07, 6.45) is 0. The molecule has 0 aromatic heterocycles. The van der Waals surface area contributed by atoms with Crippen molar-refractivity contribution in [2.45, 2.75) is 17.6 Å². The van der Waals surface area contributed by atoms with Crippen LogP contribution in [0.5, 0.6) is 0 Å². The van der Waals surface area contributed by atoms with Crippen molar-refractivity contribution in [1.29, 1.82) is 0 Å². The van der Waals surface area contributed by atoms with Gasteiger partial charge in [0.15, 0.2) is 0 Å². The first-order chi connectivity index (χ1) is 17.1. The summed E-state index contributed by atoms with van der Waals surface area (Å²) in [5.41, 5.74) is 7.10. The normalized spacial score (nSPS) is 11.1. The number of anilines is 1. The topological polar surface area (TPSA) is 70.6 Å². The molecule has 0 radical (unpaired) electrons. The predicted molar refractivity (Wildman–Crippen MR) is 143 cm³/mol. The molecule has 0 spiro atoms. The third-order valence-electron chi connectivity index (χ3n) is 5.29. The zero-order valence-electron chi connectivity index (χ0n) is 19.3. The van der Waals surface area contributed by atoms with Crippen LogP contribution in [0.25, 0.3) is 0 Å². The van der Waals surface area contributed by atoms with Gasteiger partial charge < -0.3 is 5.32 Å². The van der Waals surface area contributed by atoms with E-state index in [0.29, 0.717) is 22.5 Å². The predicted octanol–water partition coefficient (Wildman–Crippen LogP) is 6.39. The highest BCUT2D eigenvalue weighted by atomic mass is 32.2. The number of thioether (sulfide) groups is 1. The Morgan fingerprint density at radius 1 is 0.686 bits per heavy atom. The van der Waals surface area contributed by atoms with Crippen LogP contribution in [0.15, 0.2) is 119 Å². The SMILES string of the molecule is C/C(=N\NC(=O)c1ccc(CSc2ccccc2)cc1)c1ccc(NC(=O)c2ccccc2)cc1. The minimum Gasteiger partial charge on any atom is -0.322 e. The summed E-state index contributed by atoms with van der Waals surface area (Å²) in [6.45, 7) is 1.82. The minimum absolute atomic E-state index is 0.166. The summed E-state index contributed by atoms with van der Waals surface area (Å²) in [5.74, 6) is 0.407. The second-order valence-corrected chi connectivity index (χ2v) is 8.88. The highest BCUT2D eigenvalue weighted by molar-refractivity contribution is 7.98. The maximum Gasteiger partial charge on any atom is 0.271 e. The lowest BCUT2D eigenvalue weighted by molar-refractivity contribution is 0.0954. The number of hydrogen-bond donors (Lipinski definition) is 2. The molecule has 6 heteroatoms. The van der Waals surface area contributed by atoms with E-state index < -0.39 is 0 Å². The van der Waals surface area contributed by atoms with E-state index in [-0.39, 0.29) is 11.8 Å². The number of carbonyl (C=O) groups is 2. The Morgan fingerprint density at radius 3 is 1.91 bits per heavy atom. The first-order valence-electron chi connectivity index (χ1n) is 11.2. The fourth-order valence-corrected chi connectivity index (χ4v) is 4.16. The van der Waals surface area contributed by atoms with Crippen molar-refractivity contribution in [1.82, 2.24) is 5.43 Å². The zero-order chi connectivity index (χ0) is 24.5. The fraction of sp³-hybridized carbons (Fsp3) is 0.0690. The Bertz CT molecular complexity index is 1300. The van der Waals surface area contributed by atoms with Gasteiger partial charge in [0.25, 0.3) is 11.8 Å². The lowest BCUT2D eigenvalue weighted by atomic mass is 10.1. The van der Waals surface area contributed by atoms with Crippen LogP contribution in [-0.2, 0) is 5.75 Å². The van der Waals surface area contributed by atoms with Gasteiger partial charge in [0, 0.05) is 27.5 Å². The molecule has 0 atom stereocenters. The van der Waals surface area contributed by atoms with E-state index in [1.54, 1.807) is 23.9 Å². The Kier molecular flexibility index (Phi) is 8.09. The third-order valence-corrected chi connectivity index (χ3v) is 6.37. The van der Waals surface area contributed by atoms with Gasteiger partial charge in [-0.2, -0.15) is 5.10 Å². The summed E-state index contributed by atoms with van der Waals surface area (Å²) >= 11 is 1.76. The van der Waals surface area contributed by atoms with Crippen molar-refractivity contribution in [2.24, 2.45) is 5.10 Å². The third kappa shape index (κ3) is 6.91. The van der Waals surface area contributed by atoms with Gasteiger partial charge in [0.05, 0.1) is 5.71 Å². The number of hydrogen-bond acceptors (Lipinski definition) is 4. The lowest BCUT2D eigenvalue weighted by Gasteiger charge is -2.07. The van der Waals surface area contributed by atoms with Crippen LogP contribution >= 0.6 is 11.8 Å². The second kappa shape index (κ2) is 11.8. The van der Waals surface area contributed by atoms with E-state index in [4.69, 9.17) is 0 Å². The average Bonchev–Trinajstić information content (AvgIpc) is 2.92. The standard InChI is InChI=1S/C29H25N3O2S/c1-21(23-16-18-26(19-17-23)30-28(33)24-8-4-2-5-9-24)31-32-29(34)25-14-12-22(13-15-25)20-35-27-10-6-3-7-11-27/h2-19H,20H2,1H3,(H,30,33)(H,32,34)/b31-21+. The maximum absolute atomic E-state index is 12.5. The van der Waals surface area contributed by atoms with Gasteiger partial charge >= 0.3 is 0 Å². The monoisotopic (exact) mass is 479 g/mol. The average molecular weight is 480 g/mol. The number of nitrogens with one attached hydrogen (secondary N) is 2. The summed E-state index contributed by atoms with van der Waals surface area (Å²) in [7, 11) is 0. The van der Waals surface area contributed by atoms with Gasteiger partial charge in [-0.3, -0.25) is 9.59 Å². The number of nitrogens with zero attached hydrogens (tertiary/aromatic N) is 1.